The van der Waals surface area contributed by atoms with Crippen molar-refractivity contribution in [2.45, 2.75) is 104 Å². The summed E-state index contributed by atoms with van der Waals surface area (Å²) in [7, 11) is -3.52. The van der Waals surface area contributed by atoms with Crippen LogP contribution in [0.1, 0.15) is 97.5 Å². The maximum Gasteiger partial charge on any atom is 0.308 e. The topological polar surface area (TPSA) is 63.7 Å². The zero-order valence-electron chi connectivity index (χ0n) is 19.4. The second kappa shape index (κ2) is 14.4. The van der Waals surface area contributed by atoms with Gasteiger partial charge in [0, 0.05) is 19.0 Å². The van der Waals surface area contributed by atoms with E-state index in [1.54, 1.807) is 19.1 Å². The number of carbonyl (C=O) groups excluding carboxylic acids is 1. The Hall–Kier alpha value is -1.56. The molecule has 0 spiro atoms. The molecule has 0 fully saturated rings. The van der Waals surface area contributed by atoms with Crippen molar-refractivity contribution in [3.05, 3.63) is 29.8 Å². The number of amides is 1. The van der Waals surface area contributed by atoms with E-state index in [-0.39, 0.29) is 17.7 Å². The van der Waals surface area contributed by atoms with E-state index in [9.17, 15) is 13.2 Å². The lowest BCUT2D eigenvalue weighted by Gasteiger charge is -2.27. The lowest BCUT2D eigenvalue weighted by Crippen LogP contribution is -2.36. The second-order valence-electron chi connectivity index (χ2n) is 8.27. The molecular weight excluding hydrogens is 398 g/mol. The van der Waals surface area contributed by atoms with Gasteiger partial charge >= 0.3 is 10.1 Å². The van der Waals surface area contributed by atoms with E-state index in [0.717, 1.165) is 18.4 Å². The number of hydrogen-bond acceptors (Lipinski definition) is 4. The lowest BCUT2D eigenvalue weighted by atomic mass is 10.1. The van der Waals surface area contributed by atoms with Crippen molar-refractivity contribution in [3.8, 4) is 5.75 Å². The number of hydrogen-bond donors (Lipinski definition) is 0. The van der Waals surface area contributed by atoms with E-state index in [4.69, 9.17) is 4.18 Å². The predicted octanol–water partition coefficient (Wildman–Crippen LogP) is 6.07. The molecule has 30 heavy (non-hydrogen) atoms. The molecule has 1 aromatic rings. The van der Waals surface area contributed by atoms with Crippen LogP contribution in [0.5, 0.6) is 5.75 Å². The van der Waals surface area contributed by atoms with Crippen molar-refractivity contribution in [1.29, 1.82) is 0 Å². The predicted molar refractivity (Wildman–Crippen MR) is 124 cm³/mol. The number of carbonyl (C=O) groups is 1. The summed E-state index contributed by atoms with van der Waals surface area (Å²) in [5, 5.41) is 0. The summed E-state index contributed by atoms with van der Waals surface area (Å²) in [5.74, 6) is 0.419. The van der Waals surface area contributed by atoms with E-state index in [2.05, 4.69) is 6.92 Å². The Balaban J connectivity index is 2.41. The molecule has 0 saturated heterocycles. The van der Waals surface area contributed by atoms with Crippen LogP contribution in [-0.2, 0) is 21.5 Å². The second-order valence-corrected chi connectivity index (χ2v) is 10.1. The minimum absolute atomic E-state index is 0.0662. The van der Waals surface area contributed by atoms with E-state index in [0.29, 0.717) is 18.7 Å². The molecule has 0 heterocycles. The molecule has 0 aliphatic carbocycles. The Morgan fingerprint density at radius 1 is 0.900 bits per heavy atom. The first-order valence-corrected chi connectivity index (χ1v) is 13.2. The first-order chi connectivity index (χ1) is 14.3. The van der Waals surface area contributed by atoms with Gasteiger partial charge in [0.25, 0.3) is 0 Å². The van der Waals surface area contributed by atoms with E-state index >= 15 is 0 Å². The van der Waals surface area contributed by atoms with Crippen molar-refractivity contribution in [1.82, 2.24) is 4.90 Å². The zero-order chi connectivity index (χ0) is 22.4. The average molecular weight is 440 g/mol. The van der Waals surface area contributed by atoms with Gasteiger partial charge in [-0.25, -0.2) is 0 Å². The largest absolute Gasteiger partial charge is 0.382 e. The number of rotatable bonds is 16. The van der Waals surface area contributed by atoms with Crippen molar-refractivity contribution >= 4 is 16.0 Å². The first-order valence-electron chi connectivity index (χ1n) is 11.6. The first kappa shape index (κ1) is 26.5. The fourth-order valence-electron chi connectivity index (χ4n) is 3.34. The maximum atomic E-state index is 12.7. The zero-order valence-corrected chi connectivity index (χ0v) is 20.2. The van der Waals surface area contributed by atoms with Crippen LogP contribution in [0.15, 0.2) is 24.3 Å². The molecule has 6 heteroatoms. The molecule has 1 rings (SSSR count). The van der Waals surface area contributed by atoms with Crippen LogP contribution in [0, 0.1) is 0 Å². The highest BCUT2D eigenvalue weighted by Gasteiger charge is 2.17. The van der Waals surface area contributed by atoms with Gasteiger partial charge in [-0.15, -0.1) is 0 Å². The molecular formula is C24H41NO4S. The summed E-state index contributed by atoms with van der Waals surface area (Å²) in [6, 6.07) is 7.05. The highest BCUT2D eigenvalue weighted by atomic mass is 32.2. The molecule has 0 atom stereocenters. The maximum absolute atomic E-state index is 12.7. The minimum atomic E-state index is -3.52. The molecule has 0 aliphatic rings. The van der Waals surface area contributed by atoms with Crippen LogP contribution >= 0.6 is 0 Å². The highest BCUT2D eigenvalue weighted by Crippen LogP contribution is 2.18. The van der Waals surface area contributed by atoms with Crippen LogP contribution in [0.3, 0.4) is 0 Å². The van der Waals surface area contributed by atoms with E-state index in [1.807, 2.05) is 30.9 Å². The van der Waals surface area contributed by atoms with Crippen LogP contribution < -0.4 is 4.18 Å². The summed E-state index contributed by atoms with van der Waals surface area (Å²) >= 11 is 0. The molecule has 1 amide bonds. The molecule has 0 N–H and O–H groups in total. The SMILES string of the molecule is CCCCCCCCCCCC(=O)N(Cc1ccc(OS(=O)(=O)CC)cc1)C(C)C. The highest BCUT2D eigenvalue weighted by molar-refractivity contribution is 7.87. The molecule has 5 nitrogen and oxygen atoms in total. The third kappa shape index (κ3) is 11.0. The van der Waals surface area contributed by atoms with E-state index < -0.39 is 10.1 Å². The average Bonchev–Trinajstić information content (AvgIpc) is 2.71. The Labute approximate surface area is 184 Å². The fraction of sp³-hybridized carbons (Fsp3) is 0.708. The normalized spacial score (nSPS) is 11.6. The van der Waals surface area contributed by atoms with Gasteiger partial charge in [0.05, 0.1) is 5.75 Å². The van der Waals surface area contributed by atoms with Gasteiger partial charge in [-0.05, 0) is 44.9 Å². The van der Waals surface area contributed by atoms with Crippen LogP contribution in [0.2, 0.25) is 0 Å². The quantitative estimate of drug-likeness (QED) is 0.231. The Kier molecular flexibility index (Phi) is 12.7. The van der Waals surface area contributed by atoms with Crippen molar-refractivity contribution in [2.75, 3.05) is 5.75 Å². The molecule has 1 aromatic carbocycles. The molecule has 172 valence electrons. The van der Waals surface area contributed by atoms with Gasteiger partial charge in [-0.2, -0.15) is 8.42 Å². The van der Waals surface area contributed by atoms with Crippen molar-refractivity contribution in [2.24, 2.45) is 0 Å². The van der Waals surface area contributed by atoms with Gasteiger partial charge < -0.3 is 9.08 Å². The molecule has 0 bridgehead atoms. The summed E-state index contributed by atoms with van der Waals surface area (Å²) in [5.41, 5.74) is 0.963. The molecule has 0 unspecified atom stereocenters. The minimum Gasteiger partial charge on any atom is -0.382 e. The van der Waals surface area contributed by atoms with Gasteiger partial charge in [-0.3, -0.25) is 4.79 Å². The number of nitrogens with zero attached hydrogens (tertiary/aromatic N) is 1. The van der Waals surface area contributed by atoms with Gasteiger partial charge in [0.2, 0.25) is 5.91 Å². The molecule has 0 radical (unpaired) electrons. The third-order valence-corrected chi connectivity index (χ3v) is 6.44. The molecule has 0 aliphatic heterocycles. The number of benzene rings is 1. The number of unbranched alkanes of at least 4 members (excludes halogenated alkanes) is 8. The van der Waals surface area contributed by atoms with Crippen molar-refractivity contribution < 1.29 is 17.4 Å². The summed E-state index contributed by atoms with van der Waals surface area (Å²) in [6.45, 7) is 8.36. The Bertz CT molecular complexity index is 698. The fourth-order valence-corrected chi connectivity index (χ4v) is 3.86. The standard InChI is InChI=1S/C24H41NO4S/c1-5-7-8-9-10-11-12-13-14-15-24(26)25(21(3)4)20-22-16-18-23(19-17-22)29-30(27,28)6-2/h16-19,21H,5-15,20H2,1-4H3. The van der Waals surface area contributed by atoms with Crippen LogP contribution in [-0.4, -0.2) is 31.0 Å². The van der Waals surface area contributed by atoms with E-state index in [1.165, 1.54) is 44.9 Å². The molecule has 0 aromatic heterocycles. The summed E-state index contributed by atoms with van der Waals surface area (Å²) < 4.78 is 28.1. The van der Waals surface area contributed by atoms with Gasteiger partial charge in [-0.1, -0.05) is 70.4 Å². The monoisotopic (exact) mass is 439 g/mol. The van der Waals surface area contributed by atoms with Gasteiger partial charge in [0.1, 0.15) is 5.75 Å². The van der Waals surface area contributed by atoms with Crippen LogP contribution in [0.4, 0.5) is 0 Å². The Morgan fingerprint density at radius 3 is 1.93 bits per heavy atom. The summed E-state index contributed by atoms with van der Waals surface area (Å²) in [6.07, 6.45) is 11.7. The third-order valence-electron chi connectivity index (χ3n) is 5.29. The smallest absolute Gasteiger partial charge is 0.308 e. The summed E-state index contributed by atoms with van der Waals surface area (Å²) in [4.78, 5) is 14.6. The molecule has 0 saturated carbocycles. The van der Waals surface area contributed by atoms with Crippen molar-refractivity contribution in [3.63, 3.8) is 0 Å². The van der Waals surface area contributed by atoms with Gasteiger partial charge in [0.15, 0.2) is 0 Å². The van der Waals surface area contributed by atoms with Crippen LogP contribution in [0.25, 0.3) is 0 Å². The lowest BCUT2D eigenvalue weighted by molar-refractivity contribution is -0.133. The Morgan fingerprint density at radius 2 is 1.43 bits per heavy atom.